The standard InChI is InChI=1S/C17H22O5/c1-6-8-13(17(18)22-7-2)9-12-10-14(19-3)16(21-5)15(11-12)20-4/h6,9-11H,1,7-8H2,2-5H3/b13-9+. The molecule has 0 N–H and O–H groups in total. The van der Waals surface area contributed by atoms with E-state index in [-0.39, 0.29) is 5.97 Å². The van der Waals surface area contributed by atoms with Gasteiger partial charge in [0, 0.05) is 5.57 Å². The fourth-order valence-electron chi connectivity index (χ4n) is 1.97. The van der Waals surface area contributed by atoms with Gasteiger partial charge in [-0.2, -0.15) is 0 Å². The van der Waals surface area contributed by atoms with Crippen LogP contribution in [0.2, 0.25) is 0 Å². The molecule has 0 spiro atoms. The van der Waals surface area contributed by atoms with Crippen LogP contribution in [0.1, 0.15) is 18.9 Å². The highest BCUT2D eigenvalue weighted by atomic mass is 16.5. The van der Waals surface area contributed by atoms with Crippen LogP contribution < -0.4 is 14.2 Å². The lowest BCUT2D eigenvalue weighted by atomic mass is 10.1. The van der Waals surface area contributed by atoms with Gasteiger partial charge >= 0.3 is 5.97 Å². The van der Waals surface area contributed by atoms with E-state index in [1.807, 2.05) is 0 Å². The molecule has 1 aromatic rings. The summed E-state index contributed by atoms with van der Waals surface area (Å²) in [5.74, 6) is 1.18. The molecule has 0 aliphatic rings. The van der Waals surface area contributed by atoms with Gasteiger partial charge in [-0.05, 0) is 37.1 Å². The topological polar surface area (TPSA) is 54.0 Å². The molecule has 0 amide bonds. The number of esters is 1. The number of methoxy groups -OCH3 is 3. The van der Waals surface area contributed by atoms with Crippen molar-refractivity contribution in [2.24, 2.45) is 0 Å². The maximum absolute atomic E-state index is 11.9. The third-order valence-corrected chi connectivity index (χ3v) is 2.93. The molecule has 0 aliphatic carbocycles. The first-order chi connectivity index (χ1) is 10.6. The summed E-state index contributed by atoms with van der Waals surface area (Å²) >= 11 is 0. The first-order valence-corrected chi connectivity index (χ1v) is 6.89. The van der Waals surface area contributed by atoms with Crippen LogP contribution in [0.3, 0.4) is 0 Å². The minimum Gasteiger partial charge on any atom is -0.493 e. The molecule has 0 atom stereocenters. The molecule has 0 heterocycles. The van der Waals surface area contributed by atoms with E-state index < -0.39 is 0 Å². The molecular weight excluding hydrogens is 284 g/mol. The molecule has 0 aliphatic heterocycles. The van der Waals surface area contributed by atoms with Crippen LogP contribution in [0, 0.1) is 0 Å². The second-order valence-corrected chi connectivity index (χ2v) is 4.34. The summed E-state index contributed by atoms with van der Waals surface area (Å²) in [7, 11) is 4.62. The molecule has 0 fully saturated rings. The lowest BCUT2D eigenvalue weighted by Crippen LogP contribution is -2.07. The SMILES string of the molecule is C=CC/C(=C\c1cc(OC)c(OC)c(OC)c1)C(=O)OCC. The van der Waals surface area contributed by atoms with E-state index in [9.17, 15) is 4.79 Å². The Labute approximate surface area is 131 Å². The Hall–Kier alpha value is -2.43. The van der Waals surface area contributed by atoms with Crippen molar-refractivity contribution in [3.05, 3.63) is 35.9 Å². The van der Waals surface area contributed by atoms with Gasteiger partial charge in [0.2, 0.25) is 5.75 Å². The largest absolute Gasteiger partial charge is 0.493 e. The number of carbonyl (C=O) groups is 1. The van der Waals surface area contributed by atoms with Crippen LogP contribution in [0.5, 0.6) is 17.2 Å². The normalized spacial score (nSPS) is 10.8. The van der Waals surface area contributed by atoms with Crippen molar-refractivity contribution in [3.63, 3.8) is 0 Å². The quantitative estimate of drug-likeness (QED) is 0.419. The Morgan fingerprint density at radius 3 is 2.14 bits per heavy atom. The second-order valence-electron chi connectivity index (χ2n) is 4.34. The van der Waals surface area contributed by atoms with E-state index >= 15 is 0 Å². The van der Waals surface area contributed by atoms with E-state index in [1.54, 1.807) is 45.4 Å². The zero-order valence-corrected chi connectivity index (χ0v) is 13.5. The van der Waals surface area contributed by atoms with E-state index in [0.717, 1.165) is 5.56 Å². The predicted octanol–water partition coefficient (Wildman–Crippen LogP) is 3.24. The highest BCUT2D eigenvalue weighted by Gasteiger charge is 2.14. The Kier molecular flexibility index (Phi) is 7.02. The van der Waals surface area contributed by atoms with Crippen LogP contribution in [-0.4, -0.2) is 33.9 Å². The summed E-state index contributed by atoms with van der Waals surface area (Å²) in [4.78, 5) is 11.9. The third kappa shape index (κ3) is 4.28. The van der Waals surface area contributed by atoms with Crippen LogP contribution in [0.4, 0.5) is 0 Å². The summed E-state index contributed by atoms with van der Waals surface area (Å²) in [6.45, 7) is 5.75. The molecule has 0 saturated carbocycles. The lowest BCUT2D eigenvalue weighted by molar-refractivity contribution is -0.138. The number of carbonyl (C=O) groups excluding carboxylic acids is 1. The summed E-state index contributed by atoms with van der Waals surface area (Å²) in [5.41, 5.74) is 1.26. The van der Waals surface area contributed by atoms with Gasteiger partial charge in [0.15, 0.2) is 11.5 Å². The van der Waals surface area contributed by atoms with Crippen molar-refractivity contribution in [2.75, 3.05) is 27.9 Å². The summed E-state index contributed by atoms with van der Waals surface area (Å²) < 4.78 is 20.9. The number of ether oxygens (including phenoxy) is 4. The van der Waals surface area contributed by atoms with Gasteiger partial charge in [-0.1, -0.05) is 6.08 Å². The van der Waals surface area contributed by atoms with E-state index in [4.69, 9.17) is 18.9 Å². The summed E-state index contributed by atoms with van der Waals surface area (Å²) in [6.07, 6.45) is 3.79. The van der Waals surface area contributed by atoms with Gasteiger partial charge in [-0.25, -0.2) is 4.79 Å². The maximum atomic E-state index is 11.9. The number of rotatable bonds is 8. The minimum atomic E-state index is -0.365. The van der Waals surface area contributed by atoms with Crippen molar-refractivity contribution < 1.29 is 23.7 Å². The Balaban J connectivity index is 3.31. The average Bonchev–Trinajstić information content (AvgIpc) is 2.53. The number of allylic oxidation sites excluding steroid dienone is 1. The molecule has 1 aromatic carbocycles. The van der Waals surface area contributed by atoms with E-state index in [2.05, 4.69) is 6.58 Å². The van der Waals surface area contributed by atoms with Gasteiger partial charge in [-0.3, -0.25) is 0 Å². The molecule has 120 valence electrons. The molecular formula is C17H22O5. The van der Waals surface area contributed by atoms with Crippen LogP contribution in [0.25, 0.3) is 6.08 Å². The number of benzene rings is 1. The predicted molar refractivity (Wildman–Crippen MR) is 85.5 cm³/mol. The fraction of sp³-hybridized carbons (Fsp3) is 0.353. The van der Waals surface area contributed by atoms with Crippen molar-refractivity contribution in [2.45, 2.75) is 13.3 Å². The highest BCUT2D eigenvalue weighted by molar-refractivity contribution is 5.94. The van der Waals surface area contributed by atoms with Crippen LogP contribution >= 0.6 is 0 Å². The van der Waals surface area contributed by atoms with Crippen molar-refractivity contribution in [1.29, 1.82) is 0 Å². The Bertz CT molecular complexity index is 535. The van der Waals surface area contributed by atoms with E-state index in [0.29, 0.717) is 35.8 Å². The van der Waals surface area contributed by atoms with Gasteiger partial charge in [0.25, 0.3) is 0 Å². The molecule has 5 nitrogen and oxygen atoms in total. The smallest absolute Gasteiger partial charge is 0.334 e. The van der Waals surface area contributed by atoms with Gasteiger partial charge < -0.3 is 18.9 Å². The minimum absolute atomic E-state index is 0.322. The van der Waals surface area contributed by atoms with Crippen molar-refractivity contribution >= 4 is 12.0 Å². The number of hydrogen-bond acceptors (Lipinski definition) is 5. The van der Waals surface area contributed by atoms with Gasteiger partial charge in [0.1, 0.15) is 0 Å². The molecule has 22 heavy (non-hydrogen) atoms. The zero-order chi connectivity index (χ0) is 16.5. The van der Waals surface area contributed by atoms with Crippen LogP contribution in [0.15, 0.2) is 30.4 Å². The van der Waals surface area contributed by atoms with Crippen LogP contribution in [-0.2, 0) is 9.53 Å². The monoisotopic (exact) mass is 306 g/mol. The number of hydrogen-bond donors (Lipinski definition) is 0. The summed E-state index contributed by atoms with van der Waals surface area (Å²) in [5, 5.41) is 0. The summed E-state index contributed by atoms with van der Waals surface area (Å²) in [6, 6.07) is 3.54. The Morgan fingerprint density at radius 2 is 1.73 bits per heavy atom. The highest BCUT2D eigenvalue weighted by Crippen LogP contribution is 2.38. The van der Waals surface area contributed by atoms with E-state index in [1.165, 1.54) is 7.11 Å². The van der Waals surface area contributed by atoms with Gasteiger partial charge in [0.05, 0.1) is 27.9 Å². The molecule has 0 aromatic heterocycles. The fourth-order valence-corrected chi connectivity index (χ4v) is 1.97. The first-order valence-electron chi connectivity index (χ1n) is 6.89. The first kappa shape index (κ1) is 17.6. The van der Waals surface area contributed by atoms with Crippen molar-refractivity contribution in [1.82, 2.24) is 0 Å². The molecule has 0 bridgehead atoms. The third-order valence-electron chi connectivity index (χ3n) is 2.93. The Morgan fingerprint density at radius 1 is 1.14 bits per heavy atom. The molecule has 0 radical (unpaired) electrons. The van der Waals surface area contributed by atoms with Crippen molar-refractivity contribution in [3.8, 4) is 17.2 Å². The molecule has 1 rings (SSSR count). The molecule has 5 heteroatoms. The zero-order valence-electron chi connectivity index (χ0n) is 13.5. The second kappa shape index (κ2) is 8.77. The lowest BCUT2D eigenvalue weighted by Gasteiger charge is -2.13. The van der Waals surface area contributed by atoms with Gasteiger partial charge in [-0.15, -0.1) is 6.58 Å². The molecule has 0 unspecified atom stereocenters. The molecule has 0 saturated heterocycles. The average molecular weight is 306 g/mol. The maximum Gasteiger partial charge on any atom is 0.334 e.